The van der Waals surface area contributed by atoms with Crippen molar-refractivity contribution >= 4 is 11.6 Å². The van der Waals surface area contributed by atoms with Gasteiger partial charge in [-0.25, -0.2) is 0 Å². The zero-order valence-electron chi connectivity index (χ0n) is 21.8. The van der Waals surface area contributed by atoms with Gasteiger partial charge in [-0.15, -0.1) is 10.2 Å². The van der Waals surface area contributed by atoms with E-state index in [0.717, 1.165) is 60.7 Å². The van der Waals surface area contributed by atoms with Crippen LogP contribution in [-0.2, 0) is 18.4 Å². The van der Waals surface area contributed by atoms with E-state index in [1.54, 1.807) is 13.4 Å². The Morgan fingerprint density at radius 2 is 1.74 bits per heavy atom. The monoisotopic (exact) mass is 511 g/mol. The van der Waals surface area contributed by atoms with Gasteiger partial charge in [-0.3, -0.25) is 9.69 Å². The highest BCUT2D eigenvalue weighted by Crippen LogP contribution is 2.31. The van der Waals surface area contributed by atoms with Crippen molar-refractivity contribution < 1.29 is 14.3 Å². The molecular weight excluding hydrogens is 478 g/mol. The molecule has 1 aromatic heterocycles. The van der Waals surface area contributed by atoms with Crippen LogP contribution >= 0.6 is 0 Å². The second-order valence-electron chi connectivity index (χ2n) is 9.58. The first-order chi connectivity index (χ1) is 18.6. The van der Waals surface area contributed by atoms with Crippen LogP contribution in [0.1, 0.15) is 30.1 Å². The topological polar surface area (TPSA) is 81.5 Å². The fraction of sp³-hybridized carbons (Fsp3) is 0.300. The minimum Gasteiger partial charge on any atom is -0.495 e. The van der Waals surface area contributed by atoms with Crippen molar-refractivity contribution in [2.45, 2.75) is 25.3 Å². The summed E-state index contributed by atoms with van der Waals surface area (Å²) in [6.07, 6.45) is 3.83. The van der Waals surface area contributed by atoms with Crippen LogP contribution in [0.5, 0.6) is 11.5 Å². The number of methoxy groups -OCH3 is 1. The molecule has 0 saturated carbocycles. The third-order valence-electron chi connectivity index (χ3n) is 7.00. The van der Waals surface area contributed by atoms with Crippen molar-refractivity contribution in [3.8, 4) is 22.6 Å². The lowest BCUT2D eigenvalue weighted by Gasteiger charge is -2.31. The molecule has 8 heteroatoms. The highest BCUT2D eigenvalue weighted by atomic mass is 16.5. The number of likely N-dealkylation sites (tertiary alicyclic amines) is 1. The molecule has 2 heterocycles. The Bertz CT molecular complexity index is 1360. The molecule has 1 aliphatic rings. The average molecular weight is 512 g/mol. The second-order valence-corrected chi connectivity index (χ2v) is 9.58. The summed E-state index contributed by atoms with van der Waals surface area (Å²) < 4.78 is 13.4. The molecule has 0 unspecified atom stereocenters. The number of nitrogens with one attached hydrogen (secondary N) is 1. The molecule has 0 aliphatic carbocycles. The molecule has 1 N–H and O–H groups in total. The number of hydrogen-bond acceptors (Lipinski definition) is 6. The maximum atomic E-state index is 12.7. The molecule has 38 heavy (non-hydrogen) atoms. The zero-order valence-corrected chi connectivity index (χ0v) is 21.8. The summed E-state index contributed by atoms with van der Waals surface area (Å²) in [6.45, 7) is 2.57. The number of para-hydroxylation sites is 2. The first-order valence-electron chi connectivity index (χ1n) is 12.9. The largest absolute Gasteiger partial charge is 0.495 e. The maximum Gasteiger partial charge on any atom is 0.262 e. The van der Waals surface area contributed by atoms with E-state index in [0.29, 0.717) is 17.4 Å². The molecule has 196 valence electrons. The van der Waals surface area contributed by atoms with E-state index in [-0.39, 0.29) is 12.5 Å². The van der Waals surface area contributed by atoms with Crippen LogP contribution in [0.2, 0.25) is 0 Å². The van der Waals surface area contributed by atoms with Gasteiger partial charge in [0.15, 0.2) is 6.61 Å². The smallest absolute Gasteiger partial charge is 0.262 e. The lowest BCUT2D eigenvalue weighted by molar-refractivity contribution is -0.118. The molecule has 1 aliphatic heterocycles. The second kappa shape index (κ2) is 11.9. The Hall–Kier alpha value is -4.17. The molecule has 0 bridgehead atoms. The van der Waals surface area contributed by atoms with Gasteiger partial charge in [-0.05, 0) is 61.3 Å². The van der Waals surface area contributed by atoms with Crippen molar-refractivity contribution in [1.29, 1.82) is 0 Å². The predicted octanol–water partition coefficient (Wildman–Crippen LogP) is 4.89. The van der Waals surface area contributed by atoms with Gasteiger partial charge in [0.05, 0.1) is 12.8 Å². The average Bonchev–Trinajstić information content (AvgIpc) is 3.39. The van der Waals surface area contributed by atoms with Crippen LogP contribution in [0.4, 0.5) is 5.69 Å². The fourth-order valence-corrected chi connectivity index (χ4v) is 4.98. The van der Waals surface area contributed by atoms with E-state index in [1.165, 1.54) is 0 Å². The number of carbonyl (C=O) groups is 1. The van der Waals surface area contributed by atoms with Gasteiger partial charge >= 0.3 is 0 Å². The lowest BCUT2D eigenvalue weighted by Crippen LogP contribution is -2.33. The lowest BCUT2D eigenvalue weighted by atomic mass is 9.95. The number of aromatic nitrogens is 3. The summed E-state index contributed by atoms with van der Waals surface area (Å²) in [6, 6.07) is 23.8. The quantitative estimate of drug-likeness (QED) is 0.345. The SMILES string of the molecule is COc1ccccc1NC(=O)COc1ccc(-c2ccccc2)cc1CN1CCC(c2nncn2C)CC1. The zero-order chi connectivity index (χ0) is 26.3. The molecule has 4 aromatic rings. The molecule has 1 fully saturated rings. The number of hydrogen-bond donors (Lipinski definition) is 1. The van der Waals surface area contributed by atoms with Gasteiger partial charge in [-0.2, -0.15) is 0 Å². The summed E-state index contributed by atoms with van der Waals surface area (Å²) in [5.74, 6) is 2.57. The van der Waals surface area contributed by atoms with Crippen LogP contribution in [0.25, 0.3) is 11.1 Å². The number of ether oxygens (including phenoxy) is 2. The standard InChI is InChI=1S/C30H33N5O3/c1-34-21-31-33-30(34)23-14-16-35(17-15-23)19-25-18-24(22-8-4-3-5-9-22)12-13-27(25)38-20-29(36)32-26-10-6-7-11-28(26)37-2/h3-13,18,21,23H,14-17,19-20H2,1-2H3,(H,32,36). The van der Waals surface area contributed by atoms with Crippen molar-refractivity contribution in [1.82, 2.24) is 19.7 Å². The van der Waals surface area contributed by atoms with Gasteiger partial charge < -0.3 is 19.4 Å². The van der Waals surface area contributed by atoms with Gasteiger partial charge in [0.1, 0.15) is 23.7 Å². The van der Waals surface area contributed by atoms with Crippen molar-refractivity contribution in [2.75, 3.05) is 32.1 Å². The van der Waals surface area contributed by atoms with E-state index in [2.05, 4.69) is 38.6 Å². The van der Waals surface area contributed by atoms with E-state index < -0.39 is 0 Å². The highest BCUT2D eigenvalue weighted by molar-refractivity contribution is 5.93. The number of rotatable bonds is 9. The summed E-state index contributed by atoms with van der Waals surface area (Å²) in [7, 11) is 3.59. The van der Waals surface area contributed by atoms with Gasteiger partial charge in [0.2, 0.25) is 0 Å². The molecule has 0 atom stereocenters. The summed E-state index contributed by atoms with van der Waals surface area (Å²) in [5.41, 5.74) is 3.96. The number of aryl methyl sites for hydroxylation is 1. The summed E-state index contributed by atoms with van der Waals surface area (Å²) in [4.78, 5) is 15.1. The van der Waals surface area contributed by atoms with Crippen LogP contribution in [0.3, 0.4) is 0 Å². The maximum absolute atomic E-state index is 12.7. The number of anilines is 1. The minimum atomic E-state index is -0.239. The third kappa shape index (κ3) is 6.03. The summed E-state index contributed by atoms with van der Waals surface area (Å²) in [5, 5.41) is 11.2. The van der Waals surface area contributed by atoms with Crippen LogP contribution in [0.15, 0.2) is 79.1 Å². The van der Waals surface area contributed by atoms with Crippen molar-refractivity contribution in [3.63, 3.8) is 0 Å². The van der Waals surface area contributed by atoms with Crippen molar-refractivity contribution in [3.05, 3.63) is 90.5 Å². The molecule has 3 aromatic carbocycles. The summed E-state index contributed by atoms with van der Waals surface area (Å²) >= 11 is 0. The van der Waals surface area contributed by atoms with E-state index in [1.807, 2.05) is 66.2 Å². The number of piperidine rings is 1. The molecule has 8 nitrogen and oxygen atoms in total. The molecular formula is C30H33N5O3. The number of amides is 1. The Kier molecular flexibility index (Phi) is 7.99. The Labute approximate surface area is 223 Å². The van der Waals surface area contributed by atoms with Gasteiger partial charge in [-0.1, -0.05) is 48.5 Å². The molecule has 0 spiro atoms. The minimum absolute atomic E-state index is 0.0933. The molecule has 0 radical (unpaired) electrons. The van der Waals surface area contributed by atoms with Crippen LogP contribution < -0.4 is 14.8 Å². The Morgan fingerprint density at radius 1 is 0.974 bits per heavy atom. The van der Waals surface area contributed by atoms with E-state index in [4.69, 9.17) is 9.47 Å². The number of nitrogens with zero attached hydrogens (tertiary/aromatic N) is 4. The fourth-order valence-electron chi connectivity index (χ4n) is 4.98. The first kappa shape index (κ1) is 25.5. The number of benzene rings is 3. The molecule has 1 amide bonds. The van der Waals surface area contributed by atoms with Gasteiger partial charge in [0, 0.05) is 25.1 Å². The Balaban J connectivity index is 1.29. The van der Waals surface area contributed by atoms with E-state index >= 15 is 0 Å². The third-order valence-corrected chi connectivity index (χ3v) is 7.00. The first-order valence-corrected chi connectivity index (χ1v) is 12.9. The van der Waals surface area contributed by atoms with Gasteiger partial charge in [0.25, 0.3) is 5.91 Å². The highest BCUT2D eigenvalue weighted by Gasteiger charge is 2.24. The van der Waals surface area contributed by atoms with Crippen LogP contribution in [0, 0.1) is 0 Å². The predicted molar refractivity (Wildman–Crippen MR) is 147 cm³/mol. The van der Waals surface area contributed by atoms with Crippen molar-refractivity contribution in [2.24, 2.45) is 7.05 Å². The van der Waals surface area contributed by atoms with E-state index in [9.17, 15) is 4.79 Å². The number of carbonyl (C=O) groups excluding carboxylic acids is 1. The normalized spacial score (nSPS) is 14.3. The van der Waals surface area contributed by atoms with Crippen LogP contribution in [-0.4, -0.2) is 52.4 Å². The molecule has 1 saturated heterocycles. The molecule has 5 rings (SSSR count). The Morgan fingerprint density at radius 3 is 2.47 bits per heavy atom.